The molecule has 2 fully saturated rings. The normalized spacial score (nSPS) is 19.9. The molecule has 1 aromatic carbocycles. The zero-order valence-corrected chi connectivity index (χ0v) is 18.6. The maximum atomic E-state index is 2.69. The van der Waals surface area contributed by atoms with Gasteiger partial charge in [-0.2, -0.15) is 0 Å². The van der Waals surface area contributed by atoms with E-state index in [-0.39, 0.29) is 0 Å². The summed E-state index contributed by atoms with van der Waals surface area (Å²) >= 11 is 0. The molecule has 0 spiro atoms. The van der Waals surface area contributed by atoms with Gasteiger partial charge in [-0.3, -0.25) is 4.90 Å². The maximum Gasteiger partial charge on any atom is 0.0367 e. The van der Waals surface area contributed by atoms with Crippen LogP contribution in [0.5, 0.6) is 0 Å². The Morgan fingerprint density at radius 3 is 1.96 bits per heavy atom. The molecule has 0 N–H and O–H groups in total. The number of likely N-dealkylation sites (tertiary alicyclic amines) is 1. The lowest BCUT2D eigenvalue weighted by Crippen LogP contribution is -2.47. The average Bonchev–Trinajstić information content (AvgIpc) is 2.74. The molecule has 0 aromatic heterocycles. The minimum Gasteiger partial charge on any atom is -0.369 e. The molecular formula is C24H43N3. The molecule has 1 aromatic rings. The van der Waals surface area contributed by atoms with E-state index in [4.69, 9.17) is 0 Å². The Hall–Kier alpha value is -1.06. The molecule has 3 nitrogen and oxygen atoms in total. The molecule has 0 unspecified atom stereocenters. The van der Waals surface area contributed by atoms with Gasteiger partial charge < -0.3 is 9.80 Å². The largest absolute Gasteiger partial charge is 0.369 e. The highest BCUT2D eigenvalue weighted by molar-refractivity contribution is 5.48. The third kappa shape index (κ3) is 6.80. The van der Waals surface area contributed by atoms with Crippen molar-refractivity contribution in [2.75, 3.05) is 57.3 Å². The van der Waals surface area contributed by atoms with Crippen LogP contribution in [0.15, 0.2) is 24.3 Å². The Morgan fingerprint density at radius 2 is 1.44 bits per heavy atom. The summed E-state index contributed by atoms with van der Waals surface area (Å²) in [7, 11) is 0. The quantitative estimate of drug-likeness (QED) is 0.688. The molecule has 3 heteroatoms. The fraction of sp³-hybridized carbons (Fsp3) is 0.750. The van der Waals surface area contributed by atoms with Gasteiger partial charge in [-0.05, 0) is 75.0 Å². The van der Waals surface area contributed by atoms with Crippen LogP contribution >= 0.6 is 0 Å². The number of hydrogen-bond acceptors (Lipinski definition) is 3. The number of hydrogen-bond donors (Lipinski definition) is 0. The van der Waals surface area contributed by atoms with Gasteiger partial charge in [0.1, 0.15) is 0 Å². The number of anilines is 1. The van der Waals surface area contributed by atoms with Crippen LogP contribution in [0, 0.1) is 5.92 Å². The first-order valence-corrected chi connectivity index (χ1v) is 11.5. The highest BCUT2D eigenvalue weighted by Gasteiger charge is 2.21. The van der Waals surface area contributed by atoms with E-state index in [0.29, 0.717) is 5.92 Å². The van der Waals surface area contributed by atoms with Crippen molar-refractivity contribution >= 4 is 5.69 Å². The lowest BCUT2D eigenvalue weighted by Gasteiger charge is -2.37. The third-order valence-corrected chi connectivity index (χ3v) is 6.31. The Kier molecular flexibility index (Phi) is 9.64. The molecule has 0 atom stereocenters. The lowest BCUT2D eigenvalue weighted by molar-refractivity contribution is 0.166. The summed E-state index contributed by atoms with van der Waals surface area (Å²) in [6.07, 6.45) is 4.23. The molecule has 154 valence electrons. The van der Waals surface area contributed by atoms with Crippen LogP contribution in [0.4, 0.5) is 5.69 Å². The van der Waals surface area contributed by atoms with Gasteiger partial charge in [0, 0.05) is 31.9 Å². The van der Waals surface area contributed by atoms with Crippen LogP contribution in [-0.4, -0.2) is 62.2 Å². The average molecular weight is 374 g/mol. The molecule has 0 aliphatic carbocycles. The Morgan fingerprint density at radius 1 is 0.852 bits per heavy atom. The van der Waals surface area contributed by atoms with Crippen LogP contribution in [-0.2, 0) is 0 Å². The Bertz CT molecular complexity index is 495. The van der Waals surface area contributed by atoms with E-state index < -0.39 is 0 Å². The van der Waals surface area contributed by atoms with Crippen LogP contribution < -0.4 is 4.90 Å². The monoisotopic (exact) mass is 373 g/mol. The van der Waals surface area contributed by atoms with Crippen molar-refractivity contribution in [2.45, 2.75) is 59.8 Å². The molecule has 2 saturated heterocycles. The number of piperidine rings is 1. The molecule has 2 heterocycles. The molecular weight excluding hydrogens is 330 g/mol. The van der Waals surface area contributed by atoms with Crippen LogP contribution in [0.2, 0.25) is 0 Å². The third-order valence-electron chi connectivity index (χ3n) is 6.31. The minimum absolute atomic E-state index is 0.620. The summed E-state index contributed by atoms with van der Waals surface area (Å²) in [4.78, 5) is 7.84. The summed E-state index contributed by atoms with van der Waals surface area (Å²) in [5.74, 6) is 1.58. The van der Waals surface area contributed by atoms with Crippen molar-refractivity contribution in [3.05, 3.63) is 29.8 Å². The SMILES string of the molecule is CC.CCN1CCC(CCN2CCN(c3ccc(C(C)C)cc3)CC2)CC1. The highest BCUT2D eigenvalue weighted by Crippen LogP contribution is 2.23. The maximum absolute atomic E-state index is 2.69. The van der Waals surface area contributed by atoms with Gasteiger partial charge in [-0.1, -0.05) is 46.8 Å². The highest BCUT2D eigenvalue weighted by atomic mass is 15.3. The predicted molar refractivity (Wildman–Crippen MR) is 120 cm³/mol. The zero-order valence-electron chi connectivity index (χ0n) is 18.6. The second kappa shape index (κ2) is 11.7. The standard InChI is InChI=1S/C22H37N3.C2H6/c1-4-23-12-9-20(10-13-23)11-14-24-15-17-25(18-16-24)22-7-5-21(6-8-22)19(2)3;1-2/h5-8,19-20H,4,9-18H2,1-3H3;1-2H3. The van der Waals surface area contributed by atoms with Gasteiger partial charge in [0.2, 0.25) is 0 Å². The molecule has 0 amide bonds. The number of nitrogens with zero attached hydrogens (tertiary/aromatic N) is 3. The van der Waals surface area contributed by atoms with E-state index in [9.17, 15) is 0 Å². The molecule has 2 aliphatic rings. The van der Waals surface area contributed by atoms with Gasteiger partial charge in [0.25, 0.3) is 0 Å². The fourth-order valence-corrected chi connectivity index (χ4v) is 4.26. The van der Waals surface area contributed by atoms with Crippen molar-refractivity contribution in [3.8, 4) is 0 Å². The first-order valence-electron chi connectivity index (χ1n) is 11.5. The zero-order chi connectivity index (χ0) is 19.6. The summed E-state index contributed by atoms with van der Waals surface area (Å²) in [5, 5.41) is 0. The van der Waals surface area contributed by atoms with E-state index in [2.05, 4.69) is 59.7 Å². The predicted octanol–water partition coefficient (Wildman–Crippen LogP) is 5.08. The lowest BCUT2D eigenvalue weighted by atomic mass is 9.93. The van der Waals surface area contributed by atoms with Crippen molar-refractivity contribution in [1.82, 2.24) is 9.80 Å². The molecule has 0 radical (unpaired) electrons. The van der Waals surface area contributed by atoms with Crippen molar-refractivity contribution in [3.63, 3.8) is 0 Å². The van der Waals surface area contributed by atoms with Crippen LogP contribution in [0.3, 0.4) is 0 Å². The topological polar surface area (TPSA) is 9.72 Å². The van der Waals surface area contributed by atoms with Crippen LogP contribution in [0.1, 0.15) is 65.4 Å². The van der Waals surface area contributed by atoms with Gasteiger partial charge in [-0.25, -0.2) is 0 Å². The van der Waals surface area contributed by atoms with E-state index in [1.165, 1.54) is 82.9 Å². The Labute approximate surface area is 168 Å². The number of benzene rings is 1. The van der Waals surface area contributed by atoms with Gasteiger partial charge in [0.15, 0.2) is 0 Å². The van der Waals surface area contributed by atoms with Gasteiger partial charge in [0.05, 0.1) is 0 Å². The second-order valence-corrected chi connectivity index (χ2v) is 8.24. The summed E-state index contributed by atoms with van der Waals surface area (Å²) in [5.41, 5.74) is 2.84. The molecule has 2 aliphatic heterocycles. The molecule has 3 rings (SSSR count). The van der Waals surface area contributed by atoms with E-state index in [1.807, 2.05) is 13.8 Å². The van der Waals surface area contributed by atoms with E-state index in [1.54, 1.807) is 0 Å². The van der Waals surface area contributed by atoms with E-state index in [0.717, 1.165) is 5.92 Å². The number of piperazine rings is 1. The fourth-order valence-electron chi connectivity index (χ4n) is 4.26. The molecule has 0 saturated carbocycles. The smallest absolute Gasteiger partial charge is 0.0367 e. The van der Waals surface area contributed by atoms with Gasteiger partial charge >= 0.3 is 0 Å². The molecule has 27 heavy (non-hydrogen) atoms. The van der Waals surface area contributed by atoms with Gasteiger partial charge in [-0.15, -0.1) is 0 Å². The first-order chi connectivity index (χ1) is 13.2. The summed E-state index contributed by atoms with van der Waals surface area (Å²) in [6, 6.07) is 9.23. The van der Waals surface area contributed by atoms with Crippen molar-refractivity contribution < 1.29 is 0 Å². The first kappa shape index (κ1) is 22.2. The van der Waals surface area contributed by atoms with Crippen LogP contribution in [0.25, 0.3) is 0 Å². The summed E-state index contributed by atoms with van der Waals surface area (Å²) < 4.78 is 0. The van der Waals surface area contributed by atoms with Crippen molar-refractivity contribution in [2.24, 2.45) is 5.92 Å². The van der Waals surface area contributed by atoms with Crippen molar-refractivity contribution in [1.29, 1.82) is 0 Å². The number of rotatable bonds is 6. The molecule has 0 bridgehead atoms. The summed E-state index contributed by atoms with van der Waals surface area (Å²) in [6.45, 7) is 20.8. The Balaban J connectivity index is 0.00000126. The van der Waals surface area contributed by atoms with E-state index >= 15 is 0 Å². The second-order valence-electron chi connectivity index (χ2n) is 8.24. The minimum atomic E-state index is 0.620.